The average Bonchev–Trinajstić information content (AvgIpc) is 2.69. The van der Waals surface area contributed by atoms with E-state index >= 15 is 0 Å². The van der Waals surface area contributed by atoms with Gasteiger partial charge in [0.05, 0.1) is 16.1 Å². The number of carbonyl (C=O) groups excluding carboxylic acids is 2. The molecule has 0 unspecified atom stereocenters. The van der Waals surface area contributed by atoms with Crippen molar-refractivity contribution < 1.29 is 22.8 Å². The van der Waals surface area contributed by atoms with E-state index in [2.05, 4.69) is 20.6 Å². The third-order valence-electron chi connectivity index (χ3n) is 4.56. The Kier molecular flexibility index (Phi) is 6.37. The van der Waals surface area contributed by atoms with Gasteiger partial charge in [0.1, 0.15) is 6.04 Å². The molecule has 0 bridgehead atoms. The van der Waals surface area contributed by atoms with Crippen molar-refractivity contribution in [3.8, 4) is 0 Å². The summed E-state index contributed by atoms with van der Waals surface area (Å²) in [4.78, 5) is 32.7. The van der Waals surface area contributed by atoms with Crippen LogP contribution in [-0.4, -0.2) is 45.9 Å². The van der Waals surface area contributed by atoms with Gasteiger partial charge in [0.15, 0.2) is 0 Å². The van der Waals surface area contributed by atoms with E-state index in [0.717, 1.165) is 12.4 Å². The van der Waals surface area contributed by atoms with Gasteiger partial charge in [-0.15, -0.1) is 0 Å². The third-order valence-corrected chi connectivity index (χ3v) is 5.30. The first-order valence-corrected chi connectivity index (χ1v) is 9.52. The lowest BCUT2D eigenvalue weighted by atomic mass is 10.0. The summed E-state index contributed by atoms with van der Waals surface area (Å²) in [7, 11) is 0. The fourth-order valence-corrected chi connectivity index (χ4v) is 3.26. The summed E-state index contributed by atoms with van der Waals surface area (Å²) in [6.45, 7) is 2.14. The van der Waals surface area contributed by atoms with Crippen LogP contribution in [0, 0.1) is 0 Å². The van der Waals surface area contributed by atoms with E-state index in [1.165, 1.54) is 17.0 Å². The van der Waals surface area contributed by atoms with E-state index in [0.29, 0.717) is 5.56 Å². The van der Waals surface area contributed by atoms with Crippen LogP contribution in [0.3, 0.4) is 0 Å². The van der Waals surface area contributed by atoms with E-state index in [1.807, 2.05) is 0 Å². The molecule has 12 heteroatoms. The Bertz CT molecular complexity index is 956. The van der Waals surface area contributed by atoms with Crippen molar-refractivity contribution in [1.29, 1.82) is 0 Å². The Balaban J connectivity index is 1.94. The Morgan fingerprint density at radius 3 is 2.50 bits per heavy atom. The molecule has 160 valence electrons. The number of carbonyl (C=O) groups is 2. The van der Waals surface area contributed by atoms with Gasteiger partial charge in [-0.1, -0.05) is 29.3 Å². The molecule has 0 radical (unpaired) electrons. The summed E-state index contributed by atoms with van der Waals surface area (Å²) in [5.41, 5.74) is 0.652. The molecule has 0 spiro atoms. The smallest absolute Gasteiger partial charge is 0.353 e. The zero-order chi connectivity index (χ0) is 22.1. The van der Waals surface area contributed by atoms with Crippen LogP contribution in [0.1, 0.15) is 29.9 Å². The summed E-state index contributed by atoms with van der Waals surface area (Å²) in [5, 5.41) is 5.84. The number of amides is 3. The van der Waals surface area contributed by atoms with Gasteiger partial charge < -0.3 is 15.5 Å². The highest BCUT2D eigenvalue weighted by atomic mass is 35.5. The second kappa shape index (κ2) is 8.65. The van der Waals surface area contributed by atoms with Crippen LogP contribution < -0.4 is 10.6 Å². The van der Waals surface area contributed by atoms with E-state index < -0.39 is 30.1 Å². The first-order valence-electron chi connectivity index (χ1n) is 8.77. The maximum absolute atomic E-state index is 12.8. The monoisotopic (exact) mass is 461 g/mol. The van der Waals surface area contributed by atoms with Crippen molar-refractivity contribution in [3.63, 3.8) is 0 Å². The Labute approximate surface area is 179 Å². The second-order valence-corrected chi connectivity index (χ2v) is 7.37. The molecule has 3 amide bonds. The lowest BCUT2D eigenvalue weighted by Crippen LogP contribution is -2.58. The summed E-state index contributed by atoms with van der Waals surface area (Å²) >= 11 is 12.0. The van der Waals surface area contributed by atoms with Crippen LogP contribution in [-0.2, 0) is 11.0 Å². The number of nitrogens with zero attached hydrogens (tertiary/aromatic N) is 3. The maximum atomic E-state index is 12.8. The molecular formula is C18H16Cl2F3N5O2. The number of hydrogen-bond donors (Lipinski definition) is 2. The number of halogens is 5. The first-order chi connectivity index (χ1) is 14.1. The van der Waals surface area contributed by atoms with Gasteiger partial charge in [-0.3, -0.25) is 4.79 Å². The van der Waals surface area contributed by atoms with Gasteiger partial charge in [-0.2, -0.15) is 13.2 Å². The molecule has 1 aliphatic heterocycles. The summed E-state index contributed by atoms with van der Waals surface area (Å²) in [5.74, 6) is -1.60. The largest absolute Gasteiger partial charge is 0.451 e. The molecule has 1 saturated heterocycles. The predicted octanol–water partition coefficient (Wildman–Crippen LogP) is 3.42. The topological polar surface area (TPSA) is 87.2 Å². The third kappa shape index (κ3) is 4.76. The lowest BCUT2D eigenvalue weighted by Gasteiger charge is -2.34. The number of urea groups is 1. The van der Waals surface area contributed by atoms with E-state index in [1.54, 1.807) is 13.0 Å². The Morgan fingerprint density at radius 2 is 1.90 bits per heavy atom. The van der Waals surface area contributed by atoms with Crippen LogP contribution in [0.25, 0.3) is 0 Å². The number of hydrogen-bond acceptors (Lipinski definition) is 4. The van der Waals surface area contributed by atoms with Gasteiger partial charge in [0.2, 0.25) is 11.7 Å². The molecule has 7 nitrogen and oxygen atoms in total. The van der Waals surface area contributed by atoms with Gasteiger partial charge in [-0.25, -0.2) is 14.8 Å². The highest BCUT2D eigenvalue weighted by Gasteiger charge is 2.35. The zero-order valence-electron chi connectivity index (χ0n) is 15.5. The van der Waals surface area contributed by atoms with Crippen molar-refractivity contribution >= 4 is 35.1 Å². The van der Waals surface area contributed by atoms with Gasteiger partial charge in [-0.05, 0) is 24.6 Å². The quantitative estimate of drug-likeness (QED) is 0.732. The molecule has 1 aromatic carbocycles. The molecule has 30 heavy (non-hydrogen) atoms. The van der Waals surface area contributed by atoms with Crippen molar-refractivity contribution in [3.05, 3.63) is 57.6 Å². The average molecular weight is 462 g/mol. The van der Waals surface area contributed by atoms with Gasteiger partial charge in [0.25, 0.3) is 0 Å². The van der Waals surface area contributed by atoms with Crippen LogP contribution >= 0.6 is 23.2 Å². The summed E-state index contributed by atoms with van der Waals surface area (Å²) in [6.07, 6.45) is -2.73. The van der Waals surface area contributed by atoms with Gasteiger partial charge in [0, 0.05) is 31.0 Å². The molecule has 1 fully saturated rings. The number of benzene rings is 1. The fourth-order valence-electron chi connectivity index (χ4n) is 2.95. The molecule has 1 aromatic heterocycles. The summed E-state index contributed by atoms with van der Waals surface area (Å²) in [6, 6.07) is 2.35. The number of aromatic nitrogens is 2. The number of alkyl halides is 3. The zero-order valence-corrected chi connectivity index (χ0v) is 17.0. The van der Waals surface area contributed by atoms with Crippen LogP contribution in [0.5, 0.6) is 0 Å². The highest BCUT2D eigenvalue weighted by molar-refractivity contribution is 6.42. The number of piperazine rings is 1. The molecule has 2 N–H and O–H groups in total. The maximum Gasteiger partial charge on any atom is 0.451 e. The fraction of sp³-hybridized carbons (Fsp3) is 0.333. The molecule has 0 aliphatic carbocycles. The van der Waals surface area contributed by atoms with Crippen LogP contribution in [0.4, 0.5) is 18.0 Å². The SMILES string of the molecule is C[C@@H]1C(=O)NCCN1C(=O)N[C@@H](c1cnc(C(F)(F)F)nc1)c1ccc(Cl)c(Cl)c1. The lowest BCUT2D eigenvalue weighted by molar-refractivity contribution is -0.145. The Morgan fingerprint density at radius 1 is 1.23 bits per heavy atom. The predicted molar refractivity (Wildman–Crippen MR) is 103 cm³/mol. The van der Waals surface area contributed by atoms with Crippen molar-refractivity contribution in [2.24, 2.45) is 0 Å². The molecule has 0 saturated carbocycles. The van der Waals surface area contributed by atoms with E-state index in [9.17, 15) is 22.8 Å². The number of rotatable bonds is 3. The highest BCUT2D eigenvalue weighted by Crippen LogP contribution is 2.30. The van der Waals surface area contributed by atoms with Crippen LogP contribution in [0.2, 0.25) is 10.0 Å². The van der Waals surface area contributed by atoms with Crippen molar-refractivity contribution in [2.45, 2.75) is 25.2 Å². The standard InChI is InChI=1S/C18H16Cl2F3N5O2/c1-9-15(29)24-4-5-28(9)17(30)27-14(10-2-3-12(19)13(20)6-10)11-7-25-16(26-8-11)18(21,22)23/h2-3,6-9,14H,4-5H2,1H3,(H,24,29)(H,27,30)/t9-,14-/m1/s1. The van der Waals surface area contributed by atoms with Gasteiger partial charge >= 0.3 is 12.2 Å². The molecule has 1 aliphatic rings. The molecule has 2 heterocycles. The van der Waals surface area contributed by atoms with Crippen molar-refractivity contribution in [1.82, 2.24) is 25.5 Å². The first kappa shape index (κ1) is 22.1. The normalized spacial score (nSPS) is 18.0. The van der Waals surface area contributed by atoms with E-state index in [4.69, 9.17) is 23.2 Å². The molecular weight excluding hydrogens is 446 g/mol. The van der Waals surface area contributed by atoms with Crippen molar-refractivity contribution in [2.75, 3.05) is 13.1 Å². The molecule has 2 atom stereocenters. The minimum absolute atomic E-state index is 0.198. The minimum Gasteiger partial charge on any atom is -0.353 e. The number of nitrogens with one attached hydrogen (secondary N) is 2. The molecule has 2 aromatic rings. The summed E-state index contributed by atoms with van der Waals surface area (Å²) < 4.78 is 38.4. The van der Waals surface area contributed by atoms with Crippen LogP contribution in [0.15, 0.2) is 30.6 Å². The molecule has 3 rings (SSSR count). The Hall–Kier alpha value is -2.59. The van der Waals surface area contributed by atoms with E-state index in [-0.39, 0.29) is 34.6 Å². The second-order valence-electron chi connectivity index (χ2n) is 6.55. The minimum atomic E-state index is -4.70.